The molecule has 81 heavy (non-hydrogen) atoms. The van der Waals surface area contributed by atoms with Crippen LogP contribution >= 0.6 is 0 Å². The number of fused-ring (bicyclic) bond motifs is 3. The summed E-state index contributed by atoms with van der Waals surface area (Å²) in [6, 6.07) is 106. The predicted molar refractivity (Wildman–Crippen MR) is 348 cm³/mol. The molecule has 386 valence electrons. The Bertz CT molecular complexity index is 4420. The molecular weight excluding hydrogens is 977 g/mol. The lowest BCUT2D eigenvalue weighted by Crippen LogP contribution is -2.15. The molecule has 0 spiro atoms. The zero-order chi connectivity index (χ0) is 54.8. The fraction of sp³-hybridized carbons (Fsp3) is 0.0380. The maximum absolute atomic E-state index is 4.73. The minimum atomic E-state index is 1.04. The molecule has 0 aromatic heterocycles. The second-order valence-corrected chi connectivity index (χ2v) is 20.9. The van der Waals surface area contributed by atoms with Crippen molar-refractivity contribution in [1.82, 2.24) is 0 Å². The SMILES string of the molecule is C=Cc1c(N(c2cc(-c3ccccc3)ccc2-c2ccccc2)c2cccc(-c3ccccc3)c2C)ccc2ccc3c(N(c4cc(-c5ccccc5)ccc4-c4ccccc4)c4cccc(-c5ccccc5)c4C)ccc(C)c3c12. The highest BCUT2D eigenvalue weighted by Crippen LogP contribution is 2.52. The highest BCUT2D eigenvalue weighted by molar-refractivity contribution is 6.19. The molecule has 0 radical (unpaired) electrons. The molecule has 2 heteroatoms. The van der Waals surface area contributed by atoms with Gasteiger partial charge in [-0.2, -0.15) is 0 Å². The van der Waals surface area contributed by atoms with Gasteiger partial charge >= 0.3 is 0 Å². The summed E-state index contributed by atoms with van der Waals surface area (Å²) in [5.74, 6) is 0. The fourth-order valence-electron chi connectivity index (χ4n) is 12.2. The van der Waals surface area contributed by atoms with Crippen LogP contribution in [0.3, 0.4) is 0 Å². The van der Waals surface area contributed by atoms with E-state index in [0.29, 0.717) is 0 Å². The van der Waals surface area contributed by atoms with Gasteiger partial charge in [0.2, 0.25) is 0 Å². The fourth-order valence-corrected chi connectivity index (χ4v) is 12.2. The number of rotatable bonds is 13. The van der Waals surface area contributed by atoms with Crippen molar-refractivity contribution >= 4 is 61.7 Å². The van der Waals surface area contributed by atoms with E-state index in [4.69, 9.17) is 6.58 Å². The largest absolute Gasteiger partial charge is 0.309 e. The van der Waals surface area contributed by atoms with Gasteiger partial charge in [-0.25, -0.2) is 0 Å². The van der Waals surface area contributed by atoms with Gasteiger partial charge in [-0.15, -0.1) is 0 Å². The number of benzene rings is 13. The van der Waals surface area contributed by atoms with Gasteiger partial charge in [-0.1, -0.05) is 267 Å². The van der Waals surface area contributed by atoms with Crippen molar-refractivity contribution in [3.05, 3.63) is 320 Å². The van der Waals surface area contributed by atoms with Crippen molar-refractivity contribution in [2.75, 3.05) is 9.80 Å². The topological polar surface area (TPSA) is 6.48 Å². The van der Waals surface area contributed by atoms with E-state index in [1.807, 2.05) is 0 Å². The molecule has 0 saturated carbocycles. The van der Waals surface area contributed by atoms with Crippen LogP contribution in [-0.2, 0) is 0 Å². The van der Waals surface area contributed by atoms with Gasteiger partial charge in [0.25, 0.3) is 0 Å². The van der Waals surface area contributed by atoms with Crippen LogP contribution in [0.2, 0.25) is 0 Å². The van der Waals surface area contributed by atoms with Gasteiger partial charge in [0.05, 0.1) is 22.7 Å². The zero-order valence-corrected chi connectivity index (χ0v) is 45.9. The van der Waals surface area contributed by atoms with Crippen LogP contribution in [0, 0.1) is 20.8 Å². The minimum Gasteiger partial charge on any atom is -0.309 e. The van der Waals surface area contributed by atoms with Gasteiger partial charge in [0, 0.05) is 33.5 Å². The molecule has 0 amide bonds. The summed E-state index contributed by atoms with van der Waals surface area (Å²) >= 11 is 0. The Balaban J connectivity index is 1.12. The number of hydrogen-bond donors (Lipinski definition) is 0. The third-order valence-electron chi connectivity index (χ3n) is 16.2. The molecule has 0 aliphatic rings. The van der Waals surface area contributed by atoms with E-state index < -0.39 is 0 Å². The average Bonchev–Trinajstić information content (AvgIpc) is 3.62. The standard InChI is InChI=1S/C79H60N2/c1-5-66-74(80(72-40-24-38-67(55(72)3)59-30-16-8-17-31-59)76-52-64(57-26-12-6-13-27-57)44-47-69(76)61-34-20-10-21-35-61)51-46-63-43-49-71-75(50-42-54(2)78(71)79(63)66)81(73-41-25-39-68(56(73)4)60-32-18-9-19-33-60)77-53-65(58-28-14-7-15-29-58)45-48-70(77)62-36-22-11-23-37-62/h5-53H,1H2,2-4H3. The molecule has 0 atom stereocenters. The van der Waals surface area contributed by atoms with Gasteiger partial charge in [0.15, 0.2) is 0 Å². The van der Waals surface area contributed by atoms with Crippen LogP contribution in [0.4, 0.5) is 34.1 Å². The van der Waals surface area contributed by atoms with E-state index in [0.717, 1.165) is 100 Å². The summed E-state index contributed by atoms with van der Waals surface area (Å²) in [6.07, 6.45) is 2.10. The molecule has 0 aliphatic carbocycles. The molecule has 13 rings (SSSR count). The first-order valence-corrected chi connectivity index (χ1v) is 27.9. The third kappa shape index (κ3) is 9.37. The molecule has 0 fully saturated rings. The maximum Gasteiger partial charge on any atom is 0.0546 e. The monoisotopic (exact) mass is 1040 g/mol. The Morgan fingerprint density at radius 3 is 1.09 bits per heavy atom. The van der Waals surface area contributed by atoms with Crippen molar-refractivity contribution in [3.63, 3.8) is 0 Å². The summed E-state index contributed by atoms with van der Waals surface area (Å²) in [6.45, 7) is 11.6. The van der Waals surface area contributed by atoms with E-state index in [2.05, 4.69) is 328 Å². The third-order valence-corrected chi connectivity index (χ3v) is 16.2. The summed E-state index contributed by atoms with van der Waals surface area (Å²) in [5.41, 5.74) is 24.9. The smallest absolute Gasteiger partial charge is 0.0546 e. The summed E-state index contributed by atoms with van der Waals surface area (Å²) < 4.78 is 0. The first-order chi connectivity index (χ1) is 39.9. The Morgan fingerprint density at radius 1 is 0.272 bits per heavy atom. The van der Waals surface area contributed by atoms with Crippen LogP contribution in [-0.4, -0.2) is 0 Å². The molecule has 2 nitrogen and oxygen atoms in total. The molecule has 13 aromatic carbocycles. The van der Waals surface area contributed by atoms with Crippen molar-refractivity contribution in [1.29, 1.82) is 0 Å². The Hall–Kier alpha value is -10.3. The van der Waals surface area contributed by atoms with Crippen molar-refractivity contribution < 1.29 is 0 Å². The van der Waals surface area contributed by atoms with Crippen LogP contribution in [0.15, 0.2) is 298 Å². The lowest BCUT2D eigenvalue weighted by atomic mass is 9.90. The number of hydrogen-bond acceptors (Lipinski definition) is 2. The van der Waals surface area contributed by atoms with E-state index in [1.165, 1.54) is 44.3 Å². The van der Waals surface area contributed by atoms with E-state index in [1.54, 1.807) is 0 Å². The van der Waals surface area contributed by atoms with Gasteiger partial charge in [0.1, 0.15) is 0 Å². The Morgan fingerprint density at radius 2 is 0.654 bits per heavy atom. The number of nitrogens with zero attached hydrogens (tertiary/aromatic N) is 2. The quantitative estimate of drug-likeness (QED) is 0.106. The van der Waals surface area contributed by atoms with Crippen molar-refractivity contribution in [3.8, 4) is 66.8 Å². The van der Waals surface area contributed by atoms with Crippen LogP contribution in [0.1, 0.15) is 22.3 Å². The molecule has 0 heterocycles. The Labute approximate surface area is 476 Å². The van der Waals surface area contributed by atoms with Gasteiger partial charge in [-0.3, -0.25) is 0 Å². The van der Waals surface area contributed by atoms with E-state index >= 15 is 0 Å². The zero-order valence-electron chi connectivity index (χ0n) is 45.9. The Kier molecular flexibility index (Phi) is 13.6. The highest BCUT2D eigenvalue weighted by atomic mass is 15.2. The summed E-state index contributed by atoms with van der Waals surface area (Å²) in [7, 11) is 0. The minimum absolute atomic E-state index is 1.04. The first kappa shape index (κ1) is 50.2. The predicted octanol–water partition coefficient (Wildman–Crippen LogP) is 22.5. The van der Waals surface area contributed by atoms with Crippen LogP contribution in [0.5, 0.6) is 0 Å². The molecule has 0 N–H and O–H groups in total. The highest BCUT2D eigenvalue weighted by Gasteiger charge is 2.27. The normalized spacial score (nSPS) is 11.2. The van der Waals surface area contributed by atoms with Crippen molar-refractivity contribution in [2.45, 2.75) is 20.8 Å². The molecule has 13 aromatic rings. The van der Waals surface area contributed by atoms with Crippen LogP contribution in [0.25, 0.3) is 94.4 Å². The molecule has 0 bridgehead atoms. The van der Waals surface area contributed by atoms with Gasteiger partial charge < -0.3 is 9.80 Å². The van der Waals surface area contributed by atoms with Crippen LogP contribution < -0.4 is 9.80 Å². The average molecular weight is 1040 g/mol. The molecule has 0 saturated heterocycles. The van der Waals surface area contributed by atoms with Gasteiger partial charge in [-0.05, 0) is 146 Å². The van der Waals surface area contributed by atoms with E-state index in [-0.39, 0.29) is 0 Å². The summed E-state index contributed by atoms with van der Waals surface area (Å²) in [5, 5.41) is 4.61. The second-order valence-electron chi connectivity index (χ2n) is 20.9. The molecule has 0 aliphatic heterocycles. The lowest BCUT2D eigenvalue weighted by molar-refractivity contribution is 1.25. The molecule has 0 unspecified atom stereocenters. The molecular formula is C79H60N2. The van der Waals surface area contributed by atoms with Crippen molar-refractivity contribution in [2.24, 2.45) is 0 Å². The van der Waals surface area contributed by atoms with E-state index in [9.17, 15) is 0 Å². The first-order valence-electron chi connectivity index (χ1n) is 27.9. The number of anilines is 6. The maximum atomic E-state index is 4.73. The summed E-state index contributed by atoms with van der Waals surface area (Å²) in [4.78, 5) is 5.05. The second kappa shape index (κ2) is 21.9. The lowest BCUT2D eigenvalue weighted by Gasteiger charge is -2.33. The number of aryl methyl sites for hydroxylation is 1.